The van der Waals surface area contributed by atoms with Crippen molar-refractivity contribution in [2.75, 3.05) is 6.54 Å². The van der Waals surface area contributed by atoms with Crippen molar-refractivity contribution in [1.29, 1.82) is 0 Å². The number of benzene rings is 3. The number of primary amides is 1. The van der Waals surface area contributed by atoms with Gasteiger partial charge in [0.1, 0.15) is 6.61 Å². The fraction of sp³-hybridized carbons (Fsp3) is 0.333. The molecule has 1 aliphatic heterocycles. The zero-order valence-corrected chi connectivity index (χ0v) is 20.1. The molecule has 1 saturated heterocycles. The standard InChI is InChI=1S/C30H34N2O3/c31-29(33)26-16-17-32(21-24-12-6-2-7-13-24)28(19-26)20-27(18-23-10-4-1-5-11-23)30(34)35-22-25-14-8-3-9-15-25/h1-15,26-28H,16-22H2,(H2,31,33)/t26?,27-,28?/m1/s1. The highest BCUT2D eigenvalue weighted by atomic mass is 16.5. The summed E-state index contributed by atoms with van der Waals surface area (Å²) in [6.07, 6.45) is 2.64. The predicted molar refractivity (Wildman–Crippen MR) is 137 cm³/mol. The van der Waals surface area contributed by atoms with Crippen LogP contribution in [0, 0.1) is 11.8 Å². The highest BCUT2D eigenvalue weighted by Crippen LogP contribution is 2.30. The van der Waals surface area contributed by atoms with Crippen molar-refractivity contribution in [3.05, 3.63) is 108 Å². The van der Waals surface area contributed by atoms with E-state index in [1.54, 1.807) is 0 Å². The molecular formula is C30H34N2O3. The number of ether oxygens (including phenoxy) is 1. The van der Waals surface area contributed by atoms with Gasteiger partial charge in [-0.25, -0.2) is 0 Å². The first-order valence-electron chi connectivity index (χ1n) is 12.4. The zero-order valence-electron chi connectivity index (χ0n) is 20.1. The number of rotatable bonds is 10. The Balaban J connectivity index is 1.52. The van der Waals surface area contributed by atoms with Crippen molar-refractivity contribution >= 4 is 11.9 Å². The minimum Gasteiger partial charge on any atom is -0.461 e. The Morgan fingerprint density at radius 1 is 0.857 bits per heavy atom. The lowest BCUT2D eigenvalue weighted by Crippen LogP contribution is -2.46. The summed E-state index contributed by atoms with van der Waals surface area (Å²) in [5, 5.41) is 0. The maximum absolute atomic E-state index is 13.3. The van der Waals surface area contributed by atoms with Crippen LogP contribution >= 0.6 is 0 Å². The highest BCUT2D eigenvalue weighted by molar-refractivity contribution is 5.77. The molecule has 2 N–H and O–H groups in total. The van der Waals surface area contributed by atoms with Crippen LogP contribution in [0.3, 0.4) is 0 Å². The Hall–Kier alpha value is -3.44. The van der Waals surface area contributed by atoms with Crippen LogP contribution < -0.4 is 5.73 Å². The van der Waals surface area contributed by atoms with Crippen LogP contribution in [0.25, 0.3) is 0 Å². The van der Waals surface area contributed by atoms with Gasteiger partial charge >= 0.3 is 5.97 Å². The van der Waals surface area contributed by atoms with Gasteiger partial charge in [0.2, 0.25) is 5.91 Å². The van der Waals surface area contributed by atoms with Gasteiger partial charge in [0.25, 0.3) is 0 Å². The number of nitrogens with zero attached hydrogens (tertiary/aromatic N) is 1. The first-order valence-corrected chi connectivity index (χ1v) is 12.4. The summed E-state index contributed by atoms with van der Waals surface area (Å²) in [5.41, 5.74) is 9.00. The molecule has 1 heterocycles. The number of piperidine rings is 1. The second-order valence-electron chi connectivity index (χ2n) is 9.45. The van der Waals surface area contributed by atoms with Crippen LogP contribution in [0.2, 0.25) is 0 Å². The van der Waals surface area contributed by atoms with E-state index in [1.807, 2.05) is 78.9 Å². The van der Waals surface area contributed by atoms with Crippen molar-refractivity contribution in [3.8, 4) is 0 Å². The minimum atomic E-state index is -0.309. The summed E-state index contributed by atoms with van der Waals surface area (Å²) in [6.45, 7) is 1.83. The molecule has 5 heteroatoms. The van der Waals surface area contributed by atoms with Crippen molar-refractivity contribution < 1.29 is 14.3 Å². The SMILES string of the molecule is NC(=O)C1CCN(Cc2ccccc2)C(C[C@@H](Cc2ccccc2)C(=O)OCc2ccccc2)C1. The lowest BCUT2D eigenvalue weighted by Gasteiger charge is -2.40. The van der Waals surface area contributed by atoms with Gasteiger partial charge in [-0.15, -0.1) is 0 Å². The number of amides is 1. The van der Waals surface area contributed by atoms with E-state index in [-0.39, 0.29) is 36.4 Å². The number of hydrogen-bond acceptors (Lipinski definition) is 4. The Kier molecular flexibility index (Phi) is 8.68. The number of carbonyl (C=O) groups is 2. The predicted octanol–water partition coefficient (Wildman–Crippen LogP) is 4.74. The lowest BCUT2D eigenvalue weighted by atomic mass is 9.83. The van der Waals surface area contributed by atoms with Crippen LogP contribution in [-0.2, 0) is 33.9 Å². The quantitative estimate of drug-likeness (QED) is 0.434. The molecule has 0 saturated carbocycles. The van der Waals surface area contributed by atoms with E-state index >= 15 is 0 Å². The van der Waals surface area contributed by atoms with Crippen molar-refractivity contribution in [2.45, 2.75) is 44.9 Å². The fourth-order valence-corrected chi connectivity index (χ4v) is 4.97. The molecule has 1 aliphatic rings. The summed E-state index contributed by atoms with van der Waals surface area (Å²) in [7, 11) is 0. The van der Waals surface area contributed by atoms with Gasteiger partial charge in [-0.2, -0.15) is 0 Å². The zero-order chi connectivity index (χ0) is 24.5. The molecule has 1 fully saturated rings. The van der Waals surface area contributed by atoms with E-state index in [2.05, 4.69) is 17.0 Å². The lowest BCUT2D eigenvalue weighted by molar-refractivity contribution is -0.151. The van der Waals surface area contributed by atoms with E-state index in [9.17, 15) is 9.59 Å². The maximum atomic E-state index is 13.3. The summed E-state index contributed by atoms with van der Waals surface area (Å²) in [4.78, 5) is 27.8. The number of likely N-dealkylation sites (tertiary alicyclic amines) is 1. The first-order chi connectivity index (χ1) is 17.1. The summed E-state index contributed by atoms with van der Waals surface area (Å²) in [5.74, 6) is -0.917. The summed E-state index contributed by atoms with van der Waals surface area (Å²) in [6, 6.07) is 30.2. The molecule has 0 radical (unpaired) electrons. The molecule has 0 aliphatic carbocycles. The van der Waals surface area contributed by atoms with E-state index in [0.29, 0.717) is 19.3 Å². The van der Waals surface area contributed by atoms with Crippen molar-refractivity contribution in [3.63, 3.8) is 0 Å². The molecule has 3 aromatic rings. The van der Waals surface area contributed by atoms with Gasteiger partial charge in [0.15, 0.2) is 0 Å². The third kappa shape index (κ3) is 7.27. The maximum Gasteiger partial charge on any atom is 0.309 e. The molecule has 0 aromatic heterocycles. The highest BCUT2D eigenvalue weighted by Gasteiger charge is 2.35. The number of hydrogen-bond donors (Lipinski definition) is 1. The second-order valence-corrected chi connectivity index (χ2v) is 9.45. The Morgan fingerprint density at radius 2 is 1.43 bits per heavy atom. The van der Waals surface area contributed by atoms with Gasteiger partial charge < -0.3 is 10.5 Å². The van der Waals surface area contributed by atoms with Crippen LogP contribution in [0.4, 0.5) is 0 Å². The van der Waals surface area contributed by atoms with Gasteiger partial charge in [-0.1, -0.05) is 91.0 Å². The van der Waals surface area contributed by atoms with Crippen molar-refractivity contribution in [1.82, 2.24) is 4.90 Å². The van der Waals surface area contributed by atoms with E-state index in [1.165, 1.54) is 5.56 Å². The van der Waals surface area contributed by atoms with Gasteiger partial charge in [-0.05, 0) is 48.9 Å². The monoisotopic (exact) mass is 470 g/mol. The first kappa shape index (κ1) is 24.7. The molecule has 1 amide bonds. The molecule has 3 atom stereocenters. The third-order valence-corrected chi connectivity index (χ3v) is 6.91. The second kappa shape index (κ2) is 12.3. The average Bonchev–Trinajstić information content (AvgIpc) is 2.89. The van der Waals surface area contributed by atoms with Gasteiger partial charge in [0.05, 0.1) is 5.92 Å². The van der Waals surface area contributed by atoms with Crippen LogP contribution in [0.1, 0.15) is 36.0 Å². The normalized spacial score (nSPS) is 19.1. The average molecular weight is 471 g/mol. The number of carbonyl (C=O) groups excluding carboxylic acids is 2. The smallest absolute Gasteiger partial charge is 0.309 e. The molecule has 4 rings (SSSR count). The summed E-state index contributed by atoms with van der Waals surface area (Å²) < 4.78 is 5.78. The van der Waals surface area contributed by atoms with Crippen molar-refractivity contribution in [2.24, 2.45) is 17.6 Å². The Labute approximate surface area is 207 Å². The number of esters is 1. The van der Waals surface area contributed by atoms with E-state index in [4.69, 9.17) is 10.5 Å². The topological polar surface area (TPSA) is 72.6 Å². The fourth-order valence-electron chi connectivity index (χ4n) is 4.97. The van der Waals surface area contributed by atoms with Crippen LogP contribution in [0.15, 0.2) is 91.0 Å². The third-order valence-electron chi connectivity index (χ3n) is 6.91. The Bertz CT molecular complexity index is 1070. The van der Waals surface area contributed by atoms with Crippen LogP contribution in [0.5, 0.6) is 0 Å². The van der Waals surface area contributed by atoms with E-state index < -0.39 is 0 Å². The molecule has 2 unspecified atom stereocenters. The van der Waals surface area contributed by atoms with Crippen LogP contribution in [-0.4, -0.2) is 29.4 Å². The van der Waals surface area contributed by atoms with Gasteiger partial charge in [-0.3, -0.25) is 14.5 Å². The number of nitrogens with two attached hydrogens (primary N) is 1. The molecule has 5 nitrogen and oxygen atoms in total. The van der Waals surface area contributed by atoms with Gasteiger partial charge in [0, 0.05) is 18.5 Å². The molecular weight excluding hydrogens is 436 g/mol. The molecule has 0 spiro atoms. The molecule has 35 heavy (non-hydrogen) atoms. The molecule has 0 bridgehead atoms. The summed E-state index contributed by atoms with van der Waals surface area (Å²) >= 11 is 0. The largest absolute Gasteiger partial charge is 0.461 e. The minimum absolute atomic E-state index is 0.0689. The molecule has 3 aromatic carbocycles. The van der Waals surface area contributed by atoms with E-state index in [0.717, 1.165) is 30.6 Å². The Morgan fingerprint density at radius 3 is 2.03 bits per heavy atom. The molecule has 182 valence electrons.